The van der Waals surface area contributed by atoms with E-state index in [9.17, 15) is 9.59 Å². The Balaban J connectivity index is 3.19. The van der Waals surface area contributed by atoms with E-state index >= 15 is 0 Å². The third kappa shape index (κ3) is 13.0. The Morgan fingerprint density at radius 2 is 1.44 bits per heavy atom. The van der Waals surface area contributed by atoms with Crippen LogP contribution < -0.4 is 16.0 Å². The molecule has 106 valence electrons. The van der Waals surface area contributed by atoms with Gasteiger partial charge in [-0.05, 0) is 39.3 Å². The first-order valence-corrected chi connectivity index (χ1v) is 6.82. The summed E-state index contributed by atoms with van der Waals surface area (Å²) in [7, 11) is 1.93. The number of carbonyl (C=O) groups is 2. The predicted octanol–water partition coefficient (Wildman–Crippen LogP) is 0.799. The second-order valence-corrected chi connectivity index (χ2v) is 4.45. The Labute approximate surface area is 110 Å². The van der Waals surface area contributed by atoms with Gasteiger partial charge in [0.2, 0.25) is 11.8 Å². The van der Waals surface area contributed by atoms with E-state index in [1.54, 1.807) is 0 Å². The van der Waals surface area contributed by atoms with E-state index in [1.807, 2.05) is 7.05 Å². The molecule has 0 heterocycles. The molecule has 0 saturated heterocycles. The van der Waals surface area contributed by atoms with E-state index < -0.39 is 0 Å². The van der Waals surface area contributed by atoms with E-state index in [4.69, 9.17) is 0 Å². The van der Waals surface area contributed by atoms with Crippen molar-refractivity contribution in [3.05, 3.63) is 0 Å². The standard InChI is InChI=1S/C13H27N3O2/c1-12(17)15-10-5-3-4-8-13(18)16-11-7-6-9-14-2/h14H,3-11H2,1-2H3,(H,15,17)(H,16,18). The van der Waals surface area contributed by atoms with Crippen LogP contribution in [0.5, 0.6) is 0 Å². The molecule has 0 bridgehead atoms. The quantitative estimate of drug-likeness (QED) is 0.479. The third-order valence-corrected chi connectivity index (χ3v) is 2.63. The molecule has 0 atom stereocenters. The molecule has 0 aromatic carbocycles. The molecule has 0 radical (unpaired) electrons. The van der Waals surface area contributed by atoms with E-state index in [-0.39, 0.29) is 11.8 Å². The highest BCUT2D eigenvalue weighted by Gasteiger charge is 2.00. The molecular weight excluding hydrogens is 230 g/mol. The molecule has 3 N–H and O–H groups in total. The average Bonchev–Trinajstić information content (AvgIpc) is 2.33. The van der Waals surface area contributed by atoms with Crippen LogP contribution in [0.1, 0.15) is 45.4 Å². The van der Waals surface area contributed by atoms with Gasteiger partial charge in [0.1, 0.15) is 0 Å². The number of rotatable bonds is 11. The number of nitrogens with one attached hydrogen (secondary N) is 3. The highest BCUT2D eigenvalue weighted by atomic mass is 16.2. The first-order chi connectivity index (χ1) is 8.66. The minimum absolute atomic E-state index is 0.00862. The van der Waals surface area contributed by atoms with Crippen LogP contribution in [0.2, 0.25) is 0 Å². The smallest absolute Gasteiger partial charge is 0.219 e. The average molecular weight is 257 g/mol. The molecule has 0 aliphatic heterocycles. The van der Waals surface area contributed by atoms with Crippen LogP contribution in [0, 0.1) is 0 Å². The monoisotopic (exact) mass is 257 g/mol. The Morgan fingerprint density at radius 1 is 0.833 bits per heavy atom. The summed E-state index contributed by atoms with van der Waals surface area (Å²) >= 11 is 0. The lowest BCUT2D eigenvalue weighted by Gasteiger charge is -2.05. The van der Waals surface area contributed by atoms with Gasteiger partial charge in [-0.2, -0.15) is 0 Å². The molecule has 0 saturated carbocycles. The van der Waals surface area contributed by atoms with Crippen molar-refractivity contribution in [1.82, 2.24) is 16.0 Å². The summed E-state index contributed by atoms with van der Waals surface area (Å²) in [6.45, 7) is 3.99. The second-order valence-electron chi connectivity index (χ2n) is 4.45. The van der Waals surface area contributed by atoms with Crippen molar-refractivity contribution < 1.29 is 9.59 Å². The summed E-state index contributed by atoms with van der Waals surface area (Å²) < 4.78 is 0. The van der Waals surface area contributed by atoms with Gasteiger partial charge in [-0.1, -0.05) is 6.42 Å². The summed E-state index contributed by atoms with van der Waals surface area (Å²) in [4.78, 5) is 22.0. The zero-order chi connectivity index (χ0) is 13.6. The highest BCUT2D eigenvalue weighted by Crippen LogP contribution is 1.99. The van der Waals surface area contributed by atoms with Crippen molar-refractivity contribution in [3.8, 4) is 0 Å². The maximum absolute atomic E-state index is 11.4. The van der Waals surface area contributed by atoms with Crippen LogP contribution >= 0.6 is 0 Å². The molecule has 0 aliphatic rings. The lowest BCUT2D eigenvalue weighted by molar-refractivity contribution is -0.121. The van der Waals surface area contributed by atoms with E-state index in [0.717, 1.165) is 45.2 Å². The van der Waals surface area contributed by atoms with Crippen molar-refractivity contribution in [2.24, 2.45) is 0 Å². The number of carbonyl (C=O) groups excluding carboxylic acids is 2. The van der Waals surface area contributed by atoms with Crippen LogP contribution in [-0.2, 0) is 9.59 Å². The van der Waals surface area contributed by atoms with Crippen LogP contribution in [0.25, 0.3) is 0 Å². The number of unbranched alkanes of at least 4 members (excludes halogenated alkanes) is 3. The van der Waals surface area contributed by atoms with Gasteiger partial charge in [0.15, 0.2) is 0 Å². The van der Waals surface area contributed by atoms with Gasteiger partial charge in [-0.25, -0.2) is 0 Å². The van der Waals surface area contributed by atoms with Crippen LogP contribution in [0.3, 0.4) is 0 Å². The summed E-state index contributed by atoms with van der Waals surface area (Å²) in [6, 6.07) is 0. The lowest BCUT2D eigenvalue weighted by atomic mass is 10.2. The van der Waals surface area contributed by atoms with Gasteiger partial charge in [0.25, 0.3) is 0 Å². The molecule has 18 heavy (non-hydrogen) atoms. The molecule has 0 aromatic heterocycles. The largest absolute Gasteiger partial charge is 0.356 e. The predicted molar refractivity (Wildman–Crippen MR) is 73.3 cm³/mol. The molecule has 0 unspecified atom stereocenters. The second kappa shape index (κ2) is 12.4. The maximum Gasteiger partial charge on any atom is 0.219 e. The molecule has 0 rings (SSSR count). The Kier molecular flexibility index (Phi) is 11.6. The van der Waals surface area contributed by atoms with E-state index in [0.29, 0.717) is 13.0 Å². The molecule has 0 aliphatic carbocycles. The molecule has 0 aromatic rings. The third-order valence-electron chi connectivity index (χ3n) is 2.63. The normalized spacial score (nSPS) is 10.1. The van der Waals surface area contributed by atoms with Gasteiger partial charge in [-0.15, -0.1) is 0 Å². The Hall–Kier alpha value is -1.10. The van der Waals surface area contributed by atoms with E-state index in [2.05, 4.69) is 16.0 Å². The minimum atomic E-state index is 0.00862. The summed E-state index contributed by atoms with van der Waals surface area (Å²) in [5.74, 6) is 0.147. The van der Waals surface area contributed by atoms with Crippen LogP contribution in [0.15, 0.2) is 0 Å². The SMILES string of the molecule is CNCCCCNC(=O)CCCCCNC(C)=O. The van der Waals surface area contributed by atoms with Gasteiger partial charge < -0.3 is 16.0 Å². The van der Waals surface area contributed by atoms with Crippen LogP contribution in [-0.4, -0.2) is 38.5 Å². The first-order valence-electron chi connectivity index (χ1n) is 6.82. The van der Waals surface area contributed by atoms with Crippen molar-refractivity contribution in [2.45, 2.75) is 45.4 Å². The highest BCUT2D eigenvalue weighted by molar-refractivity contribution is 5.75. The van der Waals surface area contributed by atoms with Gasteiger partial charge in [-0.3, -0.25) is 9.59 Å². The zero-order valence-corrected chi connectivity index (χ0v) is 11.7. The maximum atomic E-state index is 11.4. The zero-order valence-electron chi connectivity index (χ0n) is 11.7. The molecule has 0 spiro atoms. The molecule has 5 heteroatoms. The molecule has 0 fully saturated rings. The van der Waals surface area contributed by atoms with Crippen molar-refractivity contribution in [2.75, 3.05) is 26.7 Å². The first kappa shape index (κ1) is 16.9. The minimum Gasteiger partial charge on any atom is -0.356 e. The fraction of sp³-hybridized carbons (Fsp3) is 0.846. The van der Waals surface area contributed by atoms with E-state index in [1.165, 1.54) is 6.92 Å². The summed E-state index contributed by atoms with van der Waals surface area (Å²) in [5.41, 5.74) is 0. The fourth-order valence-corrected chi connectivity index (χ4v) is 1.59. The number of hydrogen-bond donors (Lipinski definition) is 3. The van der Waals surface area contributed by atoms with Crippen LogP contribution in [0.4, 0.5) is 0 Å². The molecule has 5 nitrogen and oxygen atoms in total. The number of amides is 2. The Bertz CT molecular complexity index is 232. The van der Waals surface area contributed by atoms with Gasteiger partial charge in [0, 0.05) is 26.4 Å². The molecular formula is C13H27N3O2. The van der Waals surface area contributed by atoms with Crippen molar-refractivity contribution in [1.29, 1.82) is 0 Å². The fourth-order valence-electron chi connectivity index (χ4n) is 1.59. The summed E-state index contributed by atoms with van der Waals surface area (Å²) in [6.07, 6.45) is 5.51. The molecule has 2 amide bonds. The number of hydrogen-bond acceptors (Lipinski definition) is 3. The lowest BCUT2D eigenvalue weighted by Crippen LogP contribution is -2.25. The van der Waals surface area contributed by atoms with Gasteiger partial charge >= 0.3 is 0 Å². The topological polar surface area (TPSA) is 70.2 Å². The van der Waals surface area contributed by atoms with Gasteiger partial charge in [0.05, 0.1) is 0 Å². The summed E-state index contributed by atoms with van der Waals surface area (Å²) in [5, 5.41) is 8.73. The van der Waals surface area contributed by atoms with Crippen molar-refractivity contribution in [3.63, 3.8) is 0 Å². The van der Waals surface area contributed by atoms with Crippen molar-refractivity contribution >= 4 is 11.8 Å². The Morgan fingerprint density at radius 3 is 2.11 bits per heavy atom.